The van der Waals surface area contributed by atoms with E-state index in [1.807, 2.05) is 13.8 Å². The molecule has 3 N–H and O–H groups in total. The molecule has 0 bridgehead atoms. The maximum atomic E-state index is 11.6. The molecular weight excluding hydrogens is 208 g/mol. The lowest BCUT2D eigenvalue weighted by molar-refractivity contribution is 0.0943. The van der Waals surface area contributed by atoms with Gasteiger partial charge in [0.2, 0.25) is 0 Å². The Morgan fingerprint density at radius 1 is 1.27 bits per heavy atom. The molecule has 80 valence electrons. The van der Waals surface area contributed by atoms with Crippen LogP contribution in [-0.2, 0) is 0 Å². The molecule has 0 spiro atoms. The maximum Gasteiger partial charge on any atom is 0.251 e. The quantitative estimate of drug-likeness (QED) is 0.761. The Balaban J connectivity index is 2.80. The highest BCUT2D eigenvalue weighted by Gasteiger charge is 2.06. The van der Waals surface area contributed by atoms with Gasteiger partial charge in [0.05, 0.1) is 0 Å². The standard InChI is InChI=1S/C11H14N2OS/c1-7(2)13-11(14)9-5-3-8(4-6-9)10(12)15/h3-7H,1-2H3,(H2,12,15)(H,13,14). The van der Waals surface area contributed by atoms with E-state index >= 15 is 0 Å². The van der Waals surface area contributed by atoms with Crippen LogP contribution >= 0.6 is 12.2 Å². The number of hydrogen-bond donors (Lipinski definition) is 2. The van der Waals surface area contributed by atoms with Gasteiger partial charge in [0, 0.05) is 17.2 Å². The van der Waals surface area contributed by atoms with Crippen molar-refractivity contribution in [2.75, 3.05) is 0 Å². The monoisotopic (exact) mass is 222 g/mol. The lowest BCUT2D eigenvalue weighted by Crippen LogP contribution is -2.30. The van der Waals surface area contributed by atoms with Crippen LogP contribution in [0.25, 0.3) is 0 Å². The molecule has 0 aliphatic heterocycles. The third-order valence-electron chi connectivity index (χ3n) is 1.85. The van der Waals surface area contributed by atoms with Crippen molar-refractivity contribution < 1.29 is 4.79 Å². The van der Waals surface area contributed by atoms with Gasteiger partial charge in [-0.1, -0.05) is 24.4 Å². The van der Waals surface area contributed by atoms with E-state index in [0.29, 0.717) is 10.6 Å². The number of nitrogens with one attached hydrogen (secondary N) is 1. The van der Waals surface area contributed by atoms with Gasteiger partial charge >= 0.3 is 0 Å². The fraction of sp³-hybridized carbons (Fsp3) is 0.273. The van der Waals surface area contributed by atoms with E-state index in [-0.39, 0.29) is 11.9 Å². The summed E-state index contributed by atoms with van der Waals surface area (Å²) in [5.41, 5.74) is 6.84. The first-order valence-electron chi connectivity index (χ1n) is 4.71. The number of rotatable bonds is 3. The minimum Gasteiger partial charge on any atom is -0.389 e. The second-order valence-corrected chi connectivity index (χ2v) is 4.01. The van der Waals surface area contributed by atoms with Crippen LogP contribution in [0.15, 0.2) is 24.3 Å². The van der Waals surface area contributed by atoms with E-state index in [1.54, 1.807) is 24.3 Å². The smallest absolute Gasteiger partial charge is 0.251 e. The molecule has 0 radical (unpaired) electrons. The van der Waals surface area contributed by atoms with Gasteiger partial charge in [-0.2, -0.15) is 0 Å². The first-order valence-corrected chi connectivity index (χ1v) is 5.12. The predicted octanol–water partition coefficient (Wildman–Crippen LogP) is 1.46. The van der Waals surface area contributed by atoms with Crippen molar-refractivity contribution in [3.63, 3.8) is 0 Å². The summed E-state index contributed by atoms with van der Waals surface area (Å²) >= 11 is 4.82. The summed E-state index contributed by atoms with van der Waals surface area (Å²) < 4.78 is 0. The second kappa shape index (κ2) is 4.89. The lowest BCUT2D eigenvalue weighted by Gasteiger charge is -2.08. The molecule has 0 fully saturated rings. The Bertz CT molecular complexity index is 371. The van der Waals surface area contributed by atoms with Crippen molar-refractivity contribution in [2.24, 2.45) is 5.73 Å². The zero-order valence-electron chi connectivity index (χ0n) is 8.78. The molecule has 1 amide bonds. The molecule has 1 rings (SSSR count). The van der Waals surface area contributed by atoms with Gasteiger partial charge in [-0.3, -0.25) is 4.79 Å². The highest BCUT2D eigenvalue weighted by molar-refractivity contribution is 7.80. The average Bonchev–Trinajstić information content (AvgIpc) is 2.17. The van der Waals surface area contributed by atoms with E-state index in [9.17, 15) is 4.79 Å². The van der Waals surface area contributed by atoms with Gasteiger partial charge < -0.3 is 11.1 Å². The van der Waals surface area contributed by atoms with E-state index in [2.05, 4.69) is 5.32 Å². The van der Waals surface area contributed by atoms with Gasteiger partial charge in [-0.15, -0.1) is 0 Å². The number of amides is 1. The third-order valence-corrected chi connectivity index (χ3v) is 2.09. The molecule has 1 aromatic carbocycles. The normalized spacial score (nSPS) is 10.1. The summed E-state index contributed by atoms with van der Waals surface area (Å²) in [6.45, 7) is 3.84. The van der Waals surface area contributed by atoms with Gasteiger partial charge in [-0.05, 0) is 26.0 Å². The summed E-state index contributed by atoms with van der Waals surface area (Å²) in [7, 11) is 0. The predicted molar refractivity (Wildman–Crippen MR) is 64.9 cm³/mol. The van der Waals surface area contributed by atoms with Crippen LogP contribution in [0, 0.1) is 0 Å². The number of thiocarbonyl (C=S) groups is 1. The largest absolute Gasteiger partial charge is 0.389 e. The highest BCUT2D eigenvalue weighted by Crippen LogP contribution is 2.04. The van der Waals surface area contributed by atoms with E-state index in [4.69, 9.17) is 18.0 Å². The van der Waals surface area contributed by atoms with Gasteiger partial charge in [0.1, 0.15) is 4.99 Å². The zero-order chi connectivity index (χ0) is 11.4. The number of carbonyl (C=O) groups is 1. The Hall–Kier alpha value is -1.42. The molecule has 0 unspecified atom stereocenters. The first kappa shape index (κ1) is 11.7. The Morgan fingerprint density at radius 2 is 1.73 bits per heavy atom. The summed E-state index contributed by atoms with van der Waals surface area (Å²) in [5.74, 6) is -0.0838. The molecule has 3 nitrogen and oxygen atoms in total. The van der Waals surface area contributed by atoms with Gasteiger partial charge in [-0.25, -0.2) is 0 Å². The Kier molecular flexibility index (Phi) is 3.80. The molecule has 4 heteroatoms. The first-order chi connectivity index (χ1) is 7.00. The van der Waals surface area contributed by atoms with Crippen LogP contribution in [0.5, 0.6) is 0 Å². The molecule has 0 saturated heterocycles. The average molecular weight is 222 g/mol. The summed E-state index contributed by atoms with van der Waals surface area (Å²) in [4.78, 5) is 11.9. The zero-order valence-corrected chi connectivity index (χ0v) is 9.60. The summed E-state index contributed by atoms with van der Waals surface area (Å²) in [6.07, 6.45) is 0. The van der Waals surface area contributed by atoms with E-state index in [1.165, 1.54) is 0 Å². The van der Waals surface area contributed by atoms with Crippen LogP contribution in [0.3, 0.4) is 0 Å². The fourth-order valence-electron chi connectivity index (χ4n) is 1.13. The van der Waals surface area contributed by atoms with Crippen molar-refractivity contribution >= 4 is 23.1 Å². The molecule has 0 heterocycles. The van der Waals surface area contributed by atoms with Crippen molar-refractivity contribution in [3.05, 3.63) is 35.4 Å². The highest BCUT2D eigenvalue weighted by atomic mass is 32.1. The van der Waals surface area contributed by atoms with Crippen LogP contribution in [0.2, 0.25) is 0 Å². The van der Waals surface area contributed by atoms with Gasteiger partial charge in [0.15, 0.2) is 0 Å². The minimum atomic E-state index is -0.0838. The van der Waals surface area contributed by atoms with Crippen LogP contribution < -0.4 is 11.1 Å². The summed E-state index contributed by atoms with van der Waals surface area (Å²) in [5, 5.41) is 2.80. The topological polar surface area (TPSA) is 55.1 Å². The lowest BCUT2D eigenvalue weighted by atomic mass is 10.1. The SMILES string of the molecule is CC(C)NC(=O)c1ccc(C(N)=S)cc1. The molecule has 1 aromatic rings. The molecule has 0 saturated carbocycles. The number of hydrogen-bond acceptors (Lipinski definition) is 2. The van der Waals surface area contributed by atoms with Crippen LogP contribution in [0.1, 0.15) is 29.8 Å². The van der Waals surface area contributed by atoms with E-state index in [0.717, 1.165) is 5.56 Å². The fourth-order valence-corrected chi connectivity index (χ4v) is 1.27. The third kappa shape index (κ3) is 3.32. The van der Waals surface area contributed by atoms with Crippen molar-refractivity contribution in [2.45, 2.75) is 19.9 Å². The molecule has 0 aliphatic carbocycles. The van der Waals surface area contributed by atoms with Gasteiger partial charge in [0.25, 0.3) is 5.91 Å². The number of carbonyl (C=O) groups excluding carboxylic acids is 1. The summed E-state index contributed by atoms with van der Waals surface area (Å²) in [6, 6.07) is 7.06. The molecule has 15 heavy (non-hydrogen) atoms. The second-order valence-electron chi connectivity index (χ2n) is 3.57. The number of benzene rings is 1. The van der Waals surface area contributed by atoms with Crippen LogP contribution in [-0.4, -0.2) is 16.9 Å². The molecule has 0 atom stereocenters. The number of nitrogens with two attached hydrogens (primary N) is 1. The van der Waals surface area contributed by atoms with Crippen molar-refractivity contribution in [3.8, 4) is 0 Å². The Morgan fingerprint density at radius 3 is 2.13 bits per heavy atom. The molecule has 0 aliphatic rings. The minimum absolute atomic E-state index is 0.0838. The van der Waals surface area contributed by atoms with Crippen molar-refractivity contribution in [1.82, 2.24) is 5.32 Å². The molecular formula is C11H14N2OS. The van der Waals surface area contributed by atoms with E-state index < -0.39 is 0 Å². The molecule has 0 aromatic heterocycles. The Labute approximate surface area is 94.7 Å². The van der Waals surface area contributed by atoms with Crippen LogP contribution in [0.4, 0.5) is 0 Å². The van der Waals surface area contributed by atoms with Crippen molar-refractivity contribution in [1.29, 1.82) is 0 Å². The maximum absolute atomic E-state index is 11.6.